The molecule has 1 heterocycles. The quantitative estimate of drug-likeness (QED) is 0.737. The lowest BCUT2D eigenvalue weighted by molar-refractivity contribution is 0.478. The number of nitrogens with zero attached hydrogens (tertiary/aromatic N) is 3. The molecular weight excluding hydrogens is 283 g/mol. The van der Waals surface area contributed by atoms with Crippen molar-refractivity contribution >= 4 is 28.3 Å². The predicted molar refractivity (Wildman–Crippen MR) is 74.4 cm³/mol. The third-order valence-electron chi connectivity index (χ3n) is 2.86. The molecule has 5 nitrogen and oxygen atoms in total. The molecule has 0 radical (unpaired) electrons. The first kappa shape index (κ1) is 12.7. The molecule has 102 valence electrons. The molecule has 0 unspecified atom stereocenters. The molecule has 0 aliphatic carbocycles. The number of rotatable bonds is 2. The van der Waals surface area contributed by atoms with Crippen molar-refractivity contribution in [1.29, 1.82) is 0 Å². The minimum absolute atomic E-state index is 0.0215. The summed E-state index contributed by atoms with van der Waals surface area (Å²) >= 11 is 5.97. The molecule has 2 N–H and O–H groups in total. The van der Waals surface area contributed by atoms with Crippen molar-refractivity contribution in [2.75, 3.05) is 5.73 Å². The summed E-state index contributed by atoms with van der Waals surface area (Å²) in [5.41, 5.74) is 6.95. The first-order valence-electron chi connectivity index (χ1n) is 5.76. The second kappa shape index (κ2) is 4.64. The van der Waals surface area contributed by atoms with Crippen molar-refractivity contribution in [1.82, 2.24) is 15.0 Å². The highest BCUT2D eigenvalue weighted by Crippen LogP contribution is 2.33. The number of nitrogens with two attached hydrogens (primary N) is 1. The number of nitrogen functional groups attached to an aromatic ring is 1. The third kappa shape index (κ3) is 2.14. The fourth-order valence-electron chi connectivity index (χ4n) is 1.83. The first-order chi connectivity index (χ1) is 9.54. The maximum Gasteiger partial charge on any atom is 0.149 e. The van der Waals surface area contributed by atoms with Gasteiger partial charge in [0.25, 0.3) is 0 Å². The molecule has 0 saturated carbocycles. The van der Waals surface area contributed by atoms with Crippen LogP contribution in [0.2, 0.25) is 5.02 Å². The average Bonchev–Trinajstić information content (AvgIpc) is 2.77. The van der Waals surface area contributed by atoms with Gasteiger partial charge in [0.15, 0.2) is 0 Å². The molecular formula is C13H10ClFN4O. The summed E-state index contributed by atoms with van der Waals surface area (Å²) in [6, 6.07) is 7.71. The summed E-state index contributed by atoms with van der Waals surface area (Å²) in [5.74, 6) is 0.107. The van der Waals surface area contributed by atoms with Gasteiger partial charge in [-0.15, -0.1) is 5.10 Å². The molecule has 1 aromatic heterocycles. The van der Waals surface area contributed by atoms with Crippen LogP contribution in [0.1, 0.15) is 0 Å². The van der Waals surface area contributed by atoms with Crippen molar-refractivity contribution in [3.63, 3.8) is 0 Å². The number of fused-ring (bicyclic) bond motifs is 1. The van der Waals surface area contributed by atoms with Gasteiger partial charge in [-0.25, -0.2) is 9.07 Å². The van der Waals surface area contributed by atoms with E-state index in [2.05, 4.69) is 10.3 Å². The second-order valence-corrected chi connectivity index (χ2v) is 4.68. The Morgan fingerprint density at radius 1 is 1.30 bits per heavy atom. The van der Waals surface area contributed by atoms with Crippen LogP contribution in [0.3, 0.4) is 0 Å². The van der Waals surface area contributed by atoms with Gasteiger partial charge < -0.3 is 10.5 Å². The summed E-state index contributed by atoms with van der Waals surface area (Å²) in [4.78, 5) is 0. The van der Waals surface area contributed by atoms with Crippen LogP contribution in [-0.2, 0) is 7.05 Å². The van der Waals surface area contributed by atoms with E-state index in [9.17, 15) is 4.39 Å². The molecule has 3 rings (SSSR count). The number of ether oxygens (including phenoxy) is 1. The molecule has 3 aromatic rings. The number of aryl methyl sites for hydroxylation is 1. The molecule has 0 atom stereocenters. The van der Waals surface area contributed by atoms with E-state index in [-0.39, 0.29) is 16.5 Å². The molecule has 0 saturated heterocycles. The summed E-state index contributed by atoms with van der Waals surface area (Å²) in [7, 11) is 1.79. The zero-order valence-corrected chi connectivity index (χ0v) is 11.2. The Kier molecular flexibility index (Phi) is 2.94. The van der Waals surface area contributed by atoms with Crippen LogP contribution < -0.4 is 10.5 Å². The molecule has 0 fully saturated rings. The topological polar surface area (TPSA) is 66.0 Å². The number of anilines is 1. The van der Waals surface area contributed by atoms with E-state index in [1.54, 1.807) is 23.9 Å². The van der Waals surface area contributed by atoms with Crippen LogP contribution in [-0.4, -0.2) is 15.0 Å². The van der Waals surface area contributed by atoms with Crippen molar-refractivity contribution in [2.24, 2.45) is 7.05 Å². The zero-order chi connectivity index (χ0) is 14.3. The van der Waals surface area contributed by atoms with Crippen molar-refractivity contribution in [2.45, 2.75) is 0 Å². The van der Waals surface area contributed by atoms with E-state index in [4.69, 9.17) is 22.1 Å². The first-order valence-corrected chi connectivity index (χ1v) is 6.14. The third-order valence-corrected chi connectivity index (χ3v) is 3.16. The van der Waals surface area contributed by atoms with Crippen LogP contribution in [0.5, 0.6) is 11.5 Å². The highest BCUT2D eigenvalue weighted by molar-refractivity contribution is 6.32. The average molecular weight is 293 g/mol. The Bertz CT molecular complexity index is 802. The predicted octanol–water partition coefficient (Wildman–Crippen LogP) is 3.14. The van der Waals surface area contributed by atoms with E-state index in [0.29, 0.717) is 11.3 Å². The van der Waals surface area contributed by atoms with Gasteiger partial charge in [-0.2, -0.15) is 0 Å². The molecule has 0 aliphatic rings. The SMILES string of the molecule is Cn1nnc2cc(Oc3cc(F)c(N)cc3Cl)ccc21. The maximum absolute atomic E-state index is 13.4. The van der Waals surface area contributed by atoms with Gasteiger partial charge >= 0.3 is 0 Å². The fraction of sp³-hybridized carbons (Fsp3) is 0.0769. The van der Waals surface area contributed by atoms with E-state index in [1.165, 1.54) is 6.07 Å². The monoisotopic (exact) mass is 292 g/mol. The molecule has 0 aliphatic heterocycles. The molecule has 2 aromatic carbocycles. The molecule has 20 heavy (non-hydrogen) atoms. The van der Waals surface area contributed by atoms with E-state index in [0.717, 1.165) is 11.6 Å². The van der Waals surface area contributed by atoms with Gasteiger partial charge in [-0.3, -0.25) is 0 Å². The Labute approximate surface area is 118 Å². The Hall–Kier alpha value is -2.34. The molecule has 0 amide bonds. The van der Waals surface area contributed by atoms with Crippen LogP contribution in [0.4, 0.5) is 10.1 Å². The van der Waals surface area contributed by atoms with Crippen molar-refractivity contribution in [3.05, 3.63) is 41.2 Å². The standard InChI is InChI=1S/C13H10ClFN4O/c1-19-12-3-2-7(4-11(12)17-18-19)20-13-6-9(15)10(16)5-8(13)14/h2-6H,16H2,1H3. The number of benzene rings is 2. The largest absolute Gasteiger partial charge is 0.456 e. The van der Waals surface area contributed by atoms with E-state index in [1.807, 2.05) is 6.07 Å². The number of aromatic nitrogens is 3. The molecule has 0 bridgehead atoms. The summed E-state index contributed by atoms with van der Waals surface area (Å²) in [6.45, 7) is 0. The second-order valence-electron chi connectivity index (χ2n) is 4.27. The minimum Gasteiger partial charge on any atom is -0.456 e. The number of halogens is 2. The van der Waals surface area contributed by atoms with Gasteiger partial charge in [0.2, 0.25) is 0 Å². The smallest absolute Gasteiger partial charge is 0.149 e. The maximum atomic E-state index is 13.4. The lowest BCUT2D eigenvalue weighted by atomic mass is 10.2. The van der Waals surface area contributed by atoms with Crippen molar-refractivity contribution < 1.29 is 9.13 Å². The normalized spacial score (nSPS) is 10.9. The number of hydrogen-bond donors (Lipinski definition) is 1. The minimum atomic E-state index is -0.579. The Balaban J connectivity index is 1.98. The molecule has 0 spiro atoms. The lowest BCUT2D eigenvalue weighted by Gasteiger charge is -2.08. The van der Waals surface area contributed by atoms with Crippen LogP contribution in [0.25, 0.3) is 11.0 Å². The van der Waals surface area contributed by atoms with Crippen molar-refractivity contribution in [3.8, 4) is 11.5 Å². The van der Waals surface area contributed by atoms with Crippen LogP contribution in [0, 0.1) is 5.82 Å². The number of hydrogen-bond acceptors (Lipinski definition) is 4. The van der Waals surface area contributed by atoms with Gasteiger partial charge in [0.05, 0.1) is 16.2 Å². The lowest BCUT2D eigenvalue weighted by Crippen LogP contribution is -1.93. The Morgan fingerprint density at radius 3 is 2.90 bits per heavy atom. The Morgan fingerprint density at radius 2 is 2.10 bits per heavy atom. The van der Waals surface area contributed by atoms with E-state index < -0.39 is 5.82 Å². The summed E-state index contributed by atoms with van der Waals surface area (Å²) in [6.07, 6.45) is 0. The highest BCUT2D eigenvalue weighted by Gasteiger charge is 2.10. The molecule has 7 heteroatoms. The van der Waals surface area contributed by atoms with Gasteiger partial charge in [0.1, 0.15) is 22.8 Å². The van der Waals surface area contributed by atoms with Crippen LogP contribution in [0.15, 0.2) is 30.3 Å². The van der Waals surface area contributed by atoms with Gasteiger partial charge in [-0.1, -0.05) is 16.8 Å². The van der Waals surface area contributed by atoms with Gasteiger partial charge in [-0.05, 0) is 18.2 Å². The highest BCUT2D eigenvalue weighted by atomic mass is 35.5. The van der Waals surface area contributed by atoms with Gasteiger partial charge in [0, 0.05) is 19.2 Å². The summed E-state index contributed by atoms with van der Waals surface area (Å²) in [5, 5.41) is 8.12. The summed E-state index contributed by atoms with van der Waals surface area (Å²) < 4.78 is 20.6. The van der Waals surface area contributed by atoms with Crippen LogP contribution >= 0.6 is 11.6 Å². The van der Waals surface area contributed by atoms with E-state index >= 15 is 0 Å². The fourth-order valence-corrected chi connectivity index (χ4v) is 2.04. The zero-order valence-electron chi connectivity index (χ0n) is 10.5.